The van der Waals surface area contributed by atoms with E-state index in [1.807, 2.05) is 0 Å². The highest BCUT2D eigenvalue weighted by Crippen LogP contribution is 2.29. The molecule has 1 aliphatic rings. The van der Waals surface area contributed by atoms with Crippen LogP contribution in [0.3, 0.4) is 0 Å². The molecule has 1 heteroatoms. The molecule has 0 saturated heterocycles. The van der Waals surface area contributed by atoms with Gasteiger partial charge in [-0.15, -0.1) is 0 Å². The van der Waals surface area contributed by atoms with Crippen molar-refractivity contribution in [3.8, 4) is 0 Å². The van der Waals surface area contributed by atoms with Crippen LogP contribution < -0.4 is 5.32 Å². The van der Waals surface area contributed by atoms with E-state index in [4.69, 9.17) is 0 Å². The lowest BCUT2D eigenvalue weighted by molar-refractivity contribution is 0.206. The first-order valence-corrected chi connectivity index (χ1v) is 6.99. The SMILES string of the molecule is CCCCCCNC1CCCC(C)C1C. The van der Waals surface area contributed by atoms with Crippen molar-refractivity contribution in [3.05, 3.63) is 0 Å². The normalized spacial score (nSPS) is 31.8. The molecule has 0 aromatic heterocycles. The number of unbranched alkanes of at least 4 members (excludes halogenated alkanes) is 3. The van der Waals surface area contributed by atoms with E-state index in [-0.39, 0.29) is 0 Å². The molecule has 3 atom stereocenters. The van der Waals surface area contributed by atoms with Crippen molar-refractivity contribution in [2.24, 2.45) is 11.8 Å². The molecule has 0 bridgehead atoms. The highest BCUT2D eigenvalue weighted by Gasteiger charge is 2.25. The predicted octanol–water partition coefficient (Wildman–Crippen LogP) is 3.98. The van der Waals surface area contributed by atoms with Gasteiger partial charge in [0.05, 0.1) is 0 Å². The number of nitrogens with one attached hydrogen (secondary N) is 1. The molecule has 0 aromatic rings. The van der Waals surface area contributed by atoms with Crippen molar-refractivity contribution in [2.75, 3.05) is 6.54 Å². The molecule has 0 heterocycles. The van der Waals surface area contributed by atoms with Gasteiger partial charge >= 0.3 is 0 Å². The lowest BCUT2D eigenvalue weighted by atomic mass is 9.78. The van der Waals surface area contributed by atoms with E-state index in [0.717, 1.165) is 17.9 Å². The van der Waals surface area contributed by atoms with Crippen molar-refractivity contribution in [1.29, 1.82) is 0 Å². The fourth-order valence-corrected chi connectivity index (χ4v) is 2.71. The summed E-state index contributed by atoms with van der Waals surface area (Å²) in [6.07, 6.45) is 9.79. The third-order valence-corrected chi connectivity index (χ3v) is 4.14. The largest absolute Gasteiger partial charge is 0.314 e. The van der Waals surface area contributed by atoms with E-state index in [9.17, 15) is 0 Å². The second-order valence-electron chi connectivity index (χ2n) is 5.39. The van der Waals surface area contributed by atoms with Gasteiger partial charge in [-0.1, -0.05) is 52.9 Å². The molecule has 15 heavy (non-hydrogen) atoms. The van der Waals surface area contributed by atoms with Crippen molar-refractivity contribution in [3.63, 3.8) is 0 Å². The molecular formula is C14H29N. The van der Waals surface area contributed by atoms with Gasteiger partial charge in [0.1, 0.15) is 0 Å². The highest BCUT2D eigenvalue weighted by atomic mass is 14.9. The third kappa shape index (κ3) is 4.55. The van der Waals surface area contributed by atoms with Gasteiger partial charge in [-0.05, 0) is 31.2 Å². The average molecular weight is 211 g/mol. The van der Waals surface area contributed by atoms with Crippen LogP contribution in [0.15, 0.2) is 0 Å². The van der Waals surface area contributed by atoms with E-state index < -0.39 is 0 Å². The molecule has 1 aliphatic carbocycles. The quantitative estimate of drug-likeness (QED) is 0.655. The van der Waals surface area contributed by atoms with Crippen LogP contribution in [-0.2, 0) is 0 Å². The van der Waals surface area contributed by atoms with Crippen LogP contribution >= 0.6 is 0 Å². The molecule has 1 nitrogen and oxygen atoms in total. The van der Waals surface area contributed by atoms with Crippen molar-refractivity contribution >= 4 is 0 Å². The lowest BCUT2D eigenvalue weighted by Crippen LogP contribution is -2.40. The van der Waals surface area contributed by atoms with Gasteiger partial charge in [0.15, 0.2) is 0 Å². The van der Waals surface area contributed by atoms with E-state index in [2.05, 4.69) is 26.1 Å². The average Bonchev–Trinajstić information content (AvgIpc) is 2.24. The minimum Gasteiger partial charge on any atom is -0.314 e. The van der Waals surface area contributed by atoms with Gasteiger partial charge in [-0.25, -0.2) is 0 Å². The third-order valence-electron chi connectivity index (χ3n) is 4.14. The molecule has 1 fully saturated rings. The zero-order chi connectivity index (χ0) is 11.1. The van der Waals surface area contributed by atoms with Gasteiger partial charge in [-0.3, -0.25) is 0 Å². The molecule has 0 radical (unpaired) electrons. The maximum atomic E-state index is 3.76. The summed E-state index contributed by atoms with van der Waals surface area (Å²) in [6, 6.07) is 0.801. The molecule has 3 unspecified atom stereocenters. The molecule has 1 saturated carbocycles. The van der Waals surface area contributed by atoms with E-state index >= 15 is 0 Å². The van der Waals surface area contributed by atoms with Crippen LogP contribution in [0.2, 0.25) is 0 Å². The fraction of sp³-hybridized carbons (Fsp3) is 1.00. The Hall–Kier alpha value is -0.0400. The summed E-state index contributed by atoms with van der Waals surface area (Å²) in [5.41, 5.74) is 0. The first kappa shape index (κ1) is 13.0. The zero-order valence-corrected chi connectivity index (χ0v) is 10.9. The zero-order valence-electron chi connectivity index (χ0n) is 10.9. The van der Waals surface area contributed by atoms with E-state index in [0.29, 0.717) is 0 Å². The van der Waals surface area contributed by atoms with E-state index in [1.54, 1.807) is 0 Å². The minimum absolute atomic E-state index is 0.801. The second kappa shape index (κ2) is 7.27. The summed E-state index contributed by atoms with van der Waals surface area (Å²) in [7, 11) is 0. The Kier molecular flexibility index (Phi) is 6.31. The van der Waals surface area contributed by atoms with Crippen molar-refractivity contribution in [2.45, 2.75) is 71.8 Å². The molecule has 90 valence electrons. The van der Waals surface area contributed by atoms with Gasteiger partial charge < -0.3 is 5.32 Å². The Morgan fingerprint density at radius 3 is 2.60 bits per heavy atom. The standard InChI is InChI=1S/C14H29N/c1-4-5-6-7-11-15-14-10-8-9-12(2)13(14)3/h12-15H,4-11H2,1-3H3. The Labute approximate surface area is 96.0 Å². The number of rotatable bonds is 6. The lowest BCUT2D eigenvalue weighted by Gasteiger charge is -2.34. The molecule has 0 aliphatic heterocycles. The first-order chi connectivity index (χ1) is 7.25. The van der Waals surface area contributed by atoms with Gasteiger partial charge in [0.25, 0.3) is 0 Å². The van der Waals surface area contributed by atoms with Crippen LogP contribution in [0.1, 0.15) is 65.7 Å². The molecule has 0 amide bonds. The van der Waals surface area contributed by atoms with Crippen molar-refractivity contribution in [1.82, 2.24) is 5.32 Å². The molecule has 1 rings (SSSR count). The molecule has 0 spiro atoms. The molecule has 1 N–H and O–H groups in total. The topological polar surface area (TPSA) is 12.0 Å². The monoisotopic (exact) mass is 211 g/mol. The van der Waals surface area contributed by atoms with Crippen LogP contribution in [0.25, 0.3) is 0 Å². The maximum absolute atomic E-state index is 3.76. The Bertz CT molecular complexity index is 155. The smallest absolute Gasteiger partial charge is 0.00952 e. The minimum atomic E-state index is 0.801. The van der Waals surface area contributed by atoms with Crippen molar-refractivity contribution < 1.29 is 0 Å². The molecular weight excluding hydrogens is 182 g/mol. The number of hydrogen-bond donors (Lipinski definition) is 1. The first-order valence-electron chi connectivity index (χ1n) is 6.99. The predicted molar refractivity (Wildman–Crippen MR) is 68.1 cm³/mol. The summed E-state index contributed by atoms with van der Waals surface area (Å²) in [5.74, 6) is 1.80. The fourth-order valence-electron chi connectivity index (χ4n) is 2.71. The Morgan fingerprint density at radius 1 is 1.07 bits per heavy atom. The number of hydrogen-bond acceptors (Lipinski definition) is 1. The van der Waals surface area contributed by atoms with Crippen LogP contribution in [0.5, 0.6) is 0 Å². The van der Waals surface area contributed by atoms with Gasteiger partial charge in [0.2, 0.25) is 0 Å². The maximum Gasteiger partial charge on any atom is 0.00952 e. The summed E-state index contributed by atoms with van der Waals surface area (Å²) < 4.78 is 0. The van der Waals surface area contributed by atoms with Crippen LogP contribution in [0, 0.1) is 11.8 Å². The van der Waals surface area contributed by atoms with Crippen LogP contribution in [0.4, 0.5) is 0 Å². The summed E-state index contributed by atoms with van der Waals surface area (Å²) in [6.45, 7) is 8.35. The Balaban J connectivity index is 2.09. The van der Waals surface area contributed by atoms with Gasteiger partial charge in [-0.2, -0.15) is 0 Å². The molecule has 0 aromatic carbocycles. The van der Waals surface area contributed by atoms with Crippen LogP contribution in [-0.4, -0.2) is 12.6 Å². The second-order valence-corrected chi connectivity index (χ2v) is 5.39. The van der Waals surface area contributed by atoms with E-state index in [1.165, 1.54) is 51.5 Å². The highest BCUT2D eigenvalue weighted by molar-refractivity contribution is 4.81. The summed E-state index contributed by atoms with van der Waals surface area (Å²) in [5, 5.41) is 3.76. The van der Waals surface area contributed by atoms with Gasteiger partial charge in [0, 0.05) is 6.04 Å². The summed E-state index contributed by atoms with van der Waals surface area (Å²) in [4.78, 5) is 0. The Morgan fingerprint density at radius 2 is 1.87 bits per heavy atom. The summed E-state index contributed by atoms with van der Waals surface area (Å²) >= 11 is 0.